The van der Waals surface area contributed by atoms with E-state index in [0.29, 0.717) is 30.8 Å². The minimum atomic E-state index is -0.231. The molecule has 6 heteroatoms. The molecule has 0 atom stereocenters. The number of anilines is 1. The number of esters is 1. The molecule has 0 aliphatic rings. The van der Waals surface area contributed by atoms with Crippen LogP contribution < -0.4 is 4.90 Å². The number of hydrogen-bond acceptors (Lipinski definition) is 6. The van der Waals surface area contributed by atoms with Crippen molar-refractivity contribution in [2.24, 2.45) is 0 Å². The van der Waals surface area contributed by atoms with Gasteiger partial charge in [0.25, 0.3) is 0 Å². The molecule has 0 saturated carbocycles. The number of rotatable bonds is 7. The Kier molecular flexibility index (Phi) is 6.60. The minimum Gasteiger partial charge on any atom is -0.469 e. The molecule has 0 radical (unpaired) electrons. The van der Waals surface area contributed by atoms with Gasteiger partial charge in [-0.05, 0) is 24.8 Å². The third kappa shape index (κ3) is 4.15. The second-order valence-electron chi connectivity index (χ2n) is 4.74. The number of hydrogen-bond donors (Lipinski definition) is 0. The molecule has 0 spiro atoms. The third-order valence-corrected chi connectivity index (χ3v) is 3.40. The van der Waals surface area contributed by atoms with E-state index in [4.69, 9.17) is 0 Å². The molecule has 1 heterocycles. The van der Waals surface area contributed by atoms with Crippen molar-refractivity contribution in [2.75, 3.05) is 25.6 Å². The number of methoxy groups -OCH3 is 1. The molecule has 6 nitrogen and oxygen atoms in total. The van der Waals surface area contributed by atoms with Crippen LogP contribution in [0.15, 0.2) is 0 Å². The molecule has 0 aromatic carbocycles. The fourth-order valence-corrected chi connectivity index (χ4v) is 2.22. The van der Waals surface area contributed by atoms with Gasteiger partial charge in [-0.3, -0.25) is 4.79 Å². The molecule has 0 amide bonds. The first-order valence-electron chi connectivity index (χ1n) is 7.15. The van der Waals surface area contributed by atoms with Crippen molar-refractivity contribution in [3.05, 3.63) is 16.8 Å². The number of carbonyl (C=O) groups excluding carboxylic acids is 1. The van der Waals surface area contributed by atoms with Gasteiger partial charge in [-0.1, -0.05) is 13.8 Å². The van der Waals surface area contributed by atoms with Crippen LogP contribution in [0.1, 0.15) is 43.5 Å². The summed E-state index contributed by atoms with van der Waals surface area (Å²) in [5.74, 6) is 0.349. The number of aromatic nitrogens is 2. The average Bonchev–Trinajstić information content (AvgIpc) is 2.52. The summed E-state index contributed by atoms with van der Waals surface area (Å²) in [6, 6.07) is 2.25. The minimum absolute atomic E-state index is 0.231. The summed E-state index contributed by atoms with van der Waals surface area (Å²) in [7, 11) is 3.23. The van der Waals surface area contributed by atoms with Crippen molar-refractivity contribution in [1.29, 1.82) is 5.26 Å². The second-order valence-corrected chi connectivity index (χ2v) is 4.74. The van der Waals surface area contributed by atoms with E-state index in [9.17, 15) is 10.1 Å². The molecule has 1 rings (SSSR count). The maximum atomic E-state index is 11.1. The molecule has 0 bridgehead atoms. The lowest BCUT2D eigenvalue weighted by molar-refractivity contribution is -0.140. The van der Waals surface area contributed by atoms with Gasteiger partial charge in [0.05, 0.1) is 12.8 Å². The first-order chi connectivity index (χ1) is 10.1. The molecule has 1 aromatic heterocycles. The molecule has 114 valence electrons. The SMILES string of the molecule is CCc1nnc(N(C)CCCC(=O)OC)c(C#N)c1CC. The molecule has 1 aromatic rings. The van der Waals surface area contributed by atoms with E-state index in [1.165, 1.54) is 7.11 Å². The highest BCUT2D eigenvalue weighted by Crippen LogP contribution is 2.22. The molecule has 0 unspecified atom stereocenters. The Morgan fingerprint density at radius 1 is 1.33 bits per heavy atom. The maximum absolute atomic E-state index is 11.1. The standard InChI is InChI=1S/C15H22N4O2/c1-5-11-12(10-16)15(18-17-13(11)6-2)19(3)9-7-8-14(20)21-4/h5-9H2,1-4H3. The third-order valence-electron chi connectivity index (χ3n) is 3.40. The van der Waals surface area contributed by atoms with E-state index in [0.717, 1.165) is 24.1 Å². The molecule has 0 aliphatic carbocycles. The summed E-state index contributed by atoms with van der Waals surface area (Å²) in [6.07, 6.45) is 2.51. The molecular weight excluding hydrogens is 268 g/mol. The summed E-state index contributed by atoms with van der Waals surface area (Å²) in [5.41, 5.74) is 2.43. The van der Waals surface area contributed by atoms with E-state index in [1.807, 2.05) is 25.8 Å². The summed E-state index contributed by atoms with van der Waals surface area (Å²) < 4.78 is 4.61. The Balaban J connectivity index is 2.92. The summed E-state index contributed by atoms with van der Waals surface area (Å²) in [5, 5.41) is 17.8. The van der Waals surface area contributed by atoms with E-state index in [1.54, 1.807) is 0 Å². The topological polar surface area (TPSA) is 79.1 Å². The van der Waals surface area contributed by atoms with Crippen molar-refractivity contribution in [1.82, 2.24) is 10.2 Å². The van der Waals surface area contributed by atoms with Gasteiger partial charge in [-0.15, -0.1) is 5.10 Å². The van der Waals surface area contributed by atoms with Gasteiger partial charge in [0.15, 0.2) is 5.82 Å². The first kappa shape index (κ1) is 16.9. The zero-order valence-corrected chi connectivity index (χ0v) is 13.1. The summed E-state index contributed by atoms with van der Waals surface area (Å²) in [6.45, 7) is 4.63. The van der Waals surface area contributed by atoms with Crippen LogP contribution in [0.3, 0.4) is 0 Å². The number of nitrogens with zero attached hydrogens (tertiary/aromatic N) is 4. The average molecular weight is 290 g/mol. The highest BCUT2D eigenvalue weighted by atomic mass is 16.5. The van der Waals surface area contributed by atoms with Gasteiger partial charge in [0.1, 0.15) is 11.6 Å². The number of aryl methyl sites for hydroxylation is 1. The first-order valence-corrected chi connectivity index (χ1v) is 7.15. The Hall–Kier alpha value is -2.16. The fraction of sp³-hybridized carbons (Fsp3) is 0.600. The summed E-state index contributed by atoms with van der Waals surface area (Å²) >= 11 is 0. The van der Waals surface area contributed by atoms with Crippen LogP contribution in [-0.2, 0) is 22.4 Å². The van der Waals surface area contributed by atoms with Crippen LogP contribution >= 0.6 is 0 Å². The fourth-order valence-electron chi connectivity index (χ4n) is 2.22. The maximum Gasteiger partial charge on any atom is 0.305 e. The monoisotopic (exact) mass is 290 g/mol. The van der Waals surface area contributed by atoms with Crippen molar-refractivity contribution >= 4 is 11.8 Å². The van der Waals surface area contributed by atoms with Crippen LogP contribution in [0.2, 0.25) is 0 Å². The zero-order valence-electron chi connectivity index (χ0n) is 13.1. The van der Waals surface area contributed by atoms with Crippen LogP contribution in [-0.4, -0.2) is 36.9 Å². The number of nitriles is 1. The van der Waals surface area contributed by atoms with Crippen LogP contribution in [0, 0.1) is 11.3 Å². The quantitative estimate of drug-likeness (QED) is 0.713. The van der Waals surface area contributed by atoms with Gasteiger partial charge in [0, 0.05) is 20.0 Å². The molecular formula is C15H22N4O2. The van der Waals surface area contributed by atoms with Gasteiger partial charge < -0.3 is 9.64 Å². The van der Waals surface area contributed by atoms with Crippen molar-refractivity contribution in [3.63, 3.8) is 0 Å². The number of ether oxygens (including phenoxy) is 1. The highest BCUT2D eigenvalue weighted by molar-refractivity contribution is 5.69. The van der Waals surface area contributed by atoms with E-state index in [-0.39, 0.29) is 5.97 Å². The van der Waals surface area contributed by atoms with Crippen molar-refractivity contribution in [3.8, 4) is 6.07 Å². The molecule has 0 saturated heterocycles. The Bertz CT molecular complexity index is 537. The van der Waals surface area contributed by atoms with Crippen LogP contribution in [0.5, 0.6) is 0 Å². The van der Waals surface area contributed by atoms with Crippen LogP contribution in [0.25, 0.3) is 0 Å². The molecule has 21 heavy (non-hydrogen) atoms. The lowest BCUT2D eigenvalue weighted by Crippen LogP contribution is -2.23. The van der Waals surface area contributed by atoms with Gasteiger partial charge in [0.2, 0.25) is 0 Å². The van der Waals surface area contributed by atoms with Gasteiger partial charge in [-0.25, -0.2) is 0 Å². The highest BCUT2D eigenvalue weighted by Gasteiger charge is 2.17. The Morgan fingerprint density at radius 2 is 2.05 bits per heavy atom. The smallest absolute Gasteiger partial charge is 0.305 e. The number of carbonyl (C=O) groups is 1. The van der Waals surface area contributed by atoms with Crippen molar-refractivity contribution in [2.45, 2.75) is 39.5 Å². The predicted molar refractivity (Wildman–Crippen MR) is 80.0 cm³/mol. The Labute approximate surface area is 125 Å². The van der Waals surface area contributed by atoms with E-state index in [2.05, 4.69) is 21.0 Å². The van der Waals surface area contributed by atoms with Gasteiger partial charge >= 0.3 is 5.97 Å². The summed E-state index contributed by atoms with van der Waals surface area (Å²) in [4.78, 5) is 13.0. The zero-order chi connectivity index (χ0) is 15.8. The van der Waals surface area contributed by atoms with E-state index >= 15 is 0 Å². The van der Waals surface area contributed by atoms with E-state index < -0.39 is 0 Å². The second kappa shape index (κ2) is 8.20. The lowest BCUT2D eigenvalue weighted by atomic mass is 10.0. The predicted octanol–water partition coefficient (Wildman–Crippen LogP) is 1.86. The Morgan fingerprint density at radius 3 is 2.57 bits per heavy atom. The normalized spacial score (nSPS) is 10.0. The van der Waals surface area contributed by atoms with Crippen molar-refractivity contribution < 1.29 is 9.53 Å². The van der Waals surface area contributed by atoms with Crippen LogP contribution in [0.4, 0.5) is 5.82 Å². The molecule has 0 aliphatic heterocycles. The molecule has 0 N–H and O–H groups in total. The lowest BCUT2D eigenvalue weighted by Gasteiger charge is -2.20. The largest absolute Gasteiger partial charge is 0.469 e. The molecule has 0 fully saturated rings. The van der Waals surface area contributed by atoms with Gasteiger partial charge in [-0.2, -0.15) is 10.4 Å².